The van der Waals surface area contributed by atoms with Crippen molar-refractivity contribution in [3.63, 3.8) is 0 Å². The molecule has 29 heavy (non-hydrogen) atoms. The summed E-state index contributed by atoms with van der Waals surface area (Å²) in [7, 11) is -3.66. The molecule has 0 spiro atoms. The number of hydrogen-bond acceptors (Lipinski definition) is 5. The molecule has 1 aliphatic carbocycles. The Hall–Kier alpha value is -3.26. The van der Waals surface area contributed by atoms with Crippen LogP contribution in [0.2, 0.25) is 0 Å². The van der Waals surface area contributed by atoms with E-state index >= 15 is 0 Å². The predicted molar refractivity (Wildman–Crippen MR) is 112 cm³/mol. The van der Waals surface area contributed by atoms with Crippen molar-refractivity contribution in [2.75, 3.05) is 11.6 Å². The second-order valence-corrected chi connectivity index (χ2v) is 8.70. The van der Waals surface area contributed by atoms with E-state index in [9.17, 15) is 13.2 Å². The number of aryl methyl sites for hydroxylation is 1. The Labute approximate surface area is 169 Å². The molecule has 4 rings (SSSR count). The standard InChI is InChI=1S/C21H20N4O3S/c1-29(27,28)25-21(26)24-20-16-6-4-5-14(16)8-9-17(20)15-10-12-23-19(13-15)18-7-2-3-11-22-18/h2-3,7-13H,4-6H2,1H3,(H2,24,25,26). The van der Waals surface area contributed by atoms with E-state index in [1.54, 1.807) is 12.4 Å². The summed E-state index contributed by atoms with van der Waals surface area (Å²) in [6.45, 7) is 0. The Kier molecular flexibility index (Phi) is 5.02. The number of nitrogens with one attached hydrogen (secondary N) is 2. The smallest absolute Gasteiger partial charge is 0.306 e. The van der Waals surface area contributed by atoms with Gasteiger partial charge in [0, 0.05) is 18.0 Å². The van der Waals surface area contributed by atoms with Gasteiger partial charge in [-0.15, -0.1) is 0 Å². The molecule has 2 aromatic heterocycles. The van der Waals surface area contributed by atoms with Crippen LogP contribution in [0.5, 0.6) is 0 Å². The van der Waals surface area contributed by atoms with Gasteiger partial charge in [0.25, 0.3) is 0 Å². The van der Waals surface area contributed by atoms with Crippen LogP contribution >= 0.6 is 0 Å². The van der Waals surface area contributed by atoms with Gasteiger partial charge >= 0.3 is 6.03 Å². The van der Waals surface area contributed by atoms with Crippen molar-refractivity contribution < 1.29 is 13.2 Å². The lowest BCUT2D eigenvalue weighted by molar-refractivity contribution is 0.256. The van der Waals surface area contributed by atoms with E-state index < -0.39 is 16.1 Å². The number of fused-ring (bicyclic) bond motifs is 1. The first-order valence-corrected chi connectivity index (χ1v) is 11.1. The van der Waals surface area contributed by atoms with Gasteiger partial charge in [0.2, 0.25) is 10.0 Å². The molecule has 148 valence electrons. The number of pyridine rings is 2. The number of benzene rings is 1. The van der Waals surface area contributed by atoms with Gasteiger partial charge in [0.1, 0.15) is 0 Å². The number of urea groups is 1. The van der Waals surface area contributed by atoms with Crippen LogP contribution in [0.15, 0.2) is 54.9 Å². The Bertz CT molecular complexity index is 1180. The molecule has 2 amide bonds. The monoisotopic (exact) mass is 408 g/mol. The maximum absolute atomic E-state index is 12.3. The van der Waals surface area contributed by atoms with E-state index in [1.807, 2.05) is 41.1 Å². The summed E-state index contributed by atoms with van der Waals surface area (Å²) in [5.41, 5.74) is 6.00. The van der Waals surface area contributed by atoms with Crippen LogP contribution in [0.3, 0.4) is 0 Å². The van der Waals surface area contributed by atoms with E-state index in [0.717, 1.165) is 53.6 Å². The predicted octanol–water partition coefficient (Wildman–Crippen LogP) is 3.38. The number of amides is 2. The van der Waals surface area contributed by atoms with Crippen LogP contribution in [0.25, 0.3) is 22.5 Å². The molecule has 7 nitrogen and oxygen atoms in total. The van der Waals surface area contributed by atoms with Crippen LogP contribution in [0, 0.1) is 0 Å². The third kappa shape index (κ3) is 4.27. The molecule has 0 fully saturated rings. The first-order valence-electron chi connectivity index (χ1n) is 9.22. The van der Waals surface area contributed by atoms with Gasteiger partial charge < -0.3 is 5.32 Å². The van der Waals surface area contributed by atoms with Crippen molar-refractivity contribution in [1.29, 1.82) is 0 Å². The fourth-order valence-corrected chi connectivity index (χ4v) is 4.00. The van der Waals surface area contributed by atoms with Gasteiger partial charge in [-0.2, -0.15) is 0 Å². The van der Waals surface area contributed by atoms with Crippen molar-refractivity contribution in [3.05, 3.63) is 66.0 Å². The Balaban J connectivity index is 1.78. The molecule has 0 bridgehead atoms. The van der Waals surface area contributed by atoms with Crippen LogP contribution in [-0.4, -0.2) is 30.7 Å². The van der Waals surface area contributed by atoms with Gasteiger partial charge in [0.05, 0.1) is 23.3 Å². The highest BCUT2D eigenvalue weighted by Gasteiger charge is 2.21. The van der Waals surface area contributed by atoms with Crippen molar-refractivity contribution in [3.8, 4) is 22.5 Å². The lowest BCUT2D eigenvalue weighted by Crippen LogP contribution is -2.33. The highest BCUT2D eigenvalue weighted by atomic mass is 32.2. The zero-order valence-electron chi connectivity index (χ0n) is 15.8. The van der Waals surface area contributed by atoms with E-state index in [0.29, 0.717) is 5.69 Å². The summed E-state index contributed by atoms with van der Waals surface area (Å²) in [5.74, 6) is 0. The minimum absolute atomic E-state index is 0.638. The average Bonchev–Trinajstić information content (AvgIpc) is 3.17. The molecular weight excluding hydrogens is 388 g/mol. The maximum atomic E-state index is 12.3. The first-order chi connectivity index (χ1) is 13.9. The quantitative estimate of drug-likeness (QED) is 0.689. The number of aromatic nitrogens is 2. The third-order valence-electron chi connectivity index (χ3n) is 4.80. The average molecular weight is 408 g/mol. The van der Waals surface area contributed by atoms with Gasteiger partial charge in [-0.3, -0.25) is 9.97 Å². The van der Waals surface area contributed by atoms with Crippen molar-refractivity contribution in [2.24, 2.45) is 0 Å². The largest absolute Gasteiger partial charge is 0.332 e. The zero-order valence-corrected chi connectivity index (χ0v) is 16.7. The van der Waals surface area contributed by atoms with E-state index in [4.69, 9.17) is 0 Å². The molecule has 1 aliphatic rings. The summed E-state index contributed by atoms with van der Waals surface area (Å²) < 4.78 is 24.8. The van der Waals surface area contributed by atoms with Crippen LogP contribution in [-0.2, 0) is 22.9 Å². The van der Waals surface area contributed by atoms with Crippen molar-refractivity contribution in [1.82, 2.24) is 14.7 Å². The maximum Gasteiger partial charge on any atom is 0.332 e. The van der Waals surface area contributed by atoms with E-state index in [2.05, 4.69) is 21.4 Å². The number of hydrogen-bond donors (Lipinski definition) is 2. The van der Waals surface area contributed by atoms with Gasteiger partial charge in [-0.1, -0.05) is 18.2 Å². The Morgan fingerprint density at radius 3 is 2.59 bits per heavy atom. The highest BCUT2D eigenvalue weighted by Crippen LogP contribution is 2.38. The Morgan fingerprint density at radius 2 is 1.83 bits per heavy atom. The zero-order chi connectivity index (χ0) is 20.4. The lowest BCUT2D eigenvalue weighted by Gasteiger charge is -2.16. The number of nitrogens with zero attached hydrogens (tertiary/aromatic N) is 2. The molecule has 2 N–H and O–H groups in total. The van der Waals surface area contributed by atoms with E-state index in [1.165, 1.54) is 5.56 Å². The van der Waals surface area contributed by atoms with Crippen molar-refractivity contribution >= 4 is 21.7 Å². The number of sulfonamides is 1. The second-order valence-electron chi connectivity index (χ2n) is 6.95. The normalized spacial score (nSPS) is 13.0. The molecule has 3 aromatic rings. The fraction of sp³-hybridized carbons (Fsp3) is 0.190. The SMILES string of the molecule is CS(=O)(=O)NC(=O)Nc1c(-c2ccnc(-c3ccccn3)c2)ccc2c1CCC2. The first kappa shape index (κ1) is 19.1. The minimum atomic E-state index is -3.66. The fourth-order valence-electron chi connectivity index (χ4n) is 3.61. The topological polar surface area (TPSA) is 101 Å². The Morgan fingerprint density at radius 1 is 1.00 bits per heavy atom. The number of rotatable bonds is 4. The van der Waals surface area contributed by atoms with Gasteiger partial charge in [-0.25, -0.2) is 17.9 Å². The van der Waals surface area contributed by atoms with Gasteiger partial charge in [-0.05, 0) is 60.2 Å². The molecule has 8 heteroatoms. The summed E-state index contributed by atoms with van der Waals surface area (Å²) in [4.78, 5) is 21.0. The summed E-state index contributed by atoms with van der Waals surface area (Å²) in [5, 5.41) is 2.76. The van der Waals surface area contributed by atoms with Crippen molar-refractivity contribution in [2.45, 2.75) is 19.3 Å². The molecule has 0 aliphatic heterocycles. The molecule has 0 unspecified atom stereocenters. The molecule has 0 saturated carbocycles. The summed E-state index contributed by atoms with van der Waals surface area (Å²) >= 11 is 0. The number of carbonyl (C=O) groups excluding carboxylic acids is 1. The highest BCUT2D eigenvalue weighted by molar-refractivity contribution is 7.89. The minimum Gasteiger partial charge on any atom is -0.306 e. The molecule has 1 aromatic carbocycles. The molecular formula is C21H20N4O3S. The third-order valence-corrected chi connectivity index (χ3v) is 5.35. The van der Waals surface area contributed by atoms with Crippen LogP contribution in [0.1, 0.15) is 17.5 Å². The molecule has 2 heterocycles. The molecule has 0 atom stereocenters. The lowest BCUT2D eigenvalue weighted by atomic mass is 9.97. The van der Waals surface area contributed by atoms with E-state index in [-0.39, 0.29) is 0 Å². The summed E-state index contributed by atoms with van der Waals surface area (Å²) in [6.07, 6.45) is 7.12. The van der Waals surface area contributed by atoms with Gasteiger partial charge in [0.15, 0.2) is 0 Å². The number of carbonyl (C=O) groups is 1. The van der Waals surface area contributed by atoms with Crippen LogP contribution < -0.4 is 10.0 Å². The second kappa shape index (κ2) is 7.63. The molecule has 0 saturated heterocycles. The number of anilines is 1. The molecule has 0 radical (unpaired) electrons. The summed E-state index contributed by atoms with van der Waals surface area (Å²) in [6, 6.07) is 12.7. The van der Waals surface area contributed by atoms with Crippen LogP contribution in [0.4, 0.5) is 10.5 Å².